The largest absolute Gasteiger partial charge is 0.290 e. The highest BCUT2D eigenvalue weighted by Crippen LogP contribution is 2.27. The minimum atomic E-state index is -2.26. The van der Waals surface area contributed by atoms with E-state index in [0.717, 1.165) is 12.3 Å². The zero-order valence-electron chi connectivity index (χ0n) is 6.96. The molecule has 0 atom stereocenters. The normalized spacial score (nSPS) is 13.3. The van der Waals surface area contributed by atoms with Gasteiger partial charge in [0.15, 0.2) is 0 Å². The van der Waals surface area contributed by atoms with E-state index in [-0.39, 0.29) is 0 Å². The van der Waals surface area contributed by atoms with E-state index in [1.807, 2.05) is 0 Å². The summed E-state index contributed by atoms with van der Waals surface area (Å²) in [5.74, 6) is -0.718. The first-order valence-electron chi connectivity index (χ1n) is 3.07. The minimum Gasteiger partial charge on any atom is -0.290 e. The Labute approximate surface area is 92.2 Å². The standard InChI is InChI=1S/C6H8Cl3NO2S/c1-13(2,12)10-4-3-5(11)6(7,8)9/h3-4H,1-2H3. The minimum absolute atomic E-state index is 0.718. The van der Waals surface area contributed by atoms with Crippen LogP contribution in [-0.2, 0) is 14.5 Å². The molecular weight excluding hydrogens is 256 g/mol. The van der Waals surface area contributed by atoms with Crippen LogP contribution in [0.4, 0.5) is 0 Å². The third kappa shape index (κ3) is 7.31. The molecule has 76 valence electrons. The van der Waals surface area contributed by atoms with Crippen molar-refractivity contribution < 1.29 is 9.00 Å². The number of nitrogens with zero attached hydrogens (tertiary/aromatic N) is 1. The van der Waals surface area contributed by atoms with Gasteiger partial charge in [-0.1, -0.05) is 34.8 Å². The van der Waals surface area contributed by atoms with Crippen molar-refractivity contribution >= 4 is 50.3 Å². The molecule has 0 rings (SSSR count). The van der Waals surface area contributed by atoms with E-state index in [9.17, 15) is 9.00 Å². The van der Waals surface area contributed by atoms with Crippen LogP contribution in [0.2, 0.25) is 0 Å². The van der Waals surface area contributed by atoms with Crippen molar-refractivity contribution in [1.29, 1.82) is 0 Å². The zero-order valence-corrected chi connectivity index (χ0v) is 10.0. The summed E-state index contributed by atoms with van der Waals surface area (Å²) in [5.41, 5.74) is 0. The lowest BCUT2D eigenvalue weighted by Crippen LogP contribution is -2.15. The molecule has 0 aromatic heterocycles. The van der Waals surface area contributed by atoms with Gasteiger partial charge in [-0.05, 0) is 0 Å². The molecule has 0 aliphatic carbocycles. The van der Waals surface area contributed by atoms with Crippen LogP contribution in [0.15, 0.2) is 16.6 Å². The van der Waals surface area contributed by atoms with Gasteiger partial charge in [0.05, 0.1) is 0 Å². The van der Waals surface area contributed by atoms with Crippen LogP contribution < -0.4 is 0 Å². The van der Waals surface area contributed by atoms with Gasteiger partial charge in [-0.25, -0.2) is 8.57 Å². The van der Waals surface area contributed by atoms with E-state index in [1.54, 1.807) is 0 Å². The van der Waals surface area contributed by atoms with Crippen molar-refractivity contribution in [3.8, 4) is 0 Å². The summed E-state index contributed by atoms with van der Waals surface area (Å²) in [4.78, 5) is 10.9. The van der Waals surface area contributed by atoms with Crippen molar-refractivity contribution in [2.45, 2.75) is 3.79 Å². The van der Waals surface area contributed by atoms with E-state index in [2.05, 4.69) is 4.36 Å². The second-order valence-electron chi connectivity index (χ2n) is 2.46. The Balaban J connectivity index is 4.51. The highest BCUT2D eigenvalue weighted by Gasteiger charge is 2.27. The van der Waals surface area contributed by atoms with E-state index in [4.69, 9.17) is 34.8 Å². The number of carbonyl (C=O) groups is 1. The molecule has 0 amide bonds. The molecule has 3 nitrogen and oxygen atoms in total. The van der Waals surface area contributed by atoms with Gasteiger partial charge in [0, 0.05) is 34.5 Å². The van der Waals surface area contributed by atoms with E-state index >= 15 is 0 Å². The molecule has 7 heteroatoms. The number of allylic oxidation sites excluding steroid dienone is 1. The molecule has 0 saturated carbocycles. The molecular formula is C6H8Cl3NO2S. The van der Waals surface area contributed by atoms with Crippen LogP contribution in [0.25, 0.3) is 0 Å². The number of hydrogen-bond donors (Lipinski definition) is 0. The summed E-state index contributed by atoms with van der Waals surface area (Å²) in [6.45, 7) is 0. The van der Waals surface area contributed by atoms with E-state index in [1.165, 1.54) is 12.5 Å². The van der Waals surface area contributed by atoms with Crippen molar-refractivity contribution in [2.24, 2.45) is 4.36 Å². The maximum absolute atomic E-state index is 11.0. The number of rotatable bonds is 2. The number of carbonyl (C=O) groups excluding carboxylic acids is 1. The molecule has 0 fully saturated rings. The molecule has 0 N–H and O–H groups in total. The first-order valence-corrected chi connectivity index (χ1v) is 6.53. The number of halogens is 3. The lowest BCUT2D eigenvalue weighted by atomic mass is 10.4. The Bertz CT molecular complexity index is 328. The summed E-state index contributed by atoms with van der Waals surface area (Å²) in [7, 11) is -2.26. The molecule has 0 aromatic rings. The Hall–Kier alpha value is 0.230. The van der Waals surface area contributed by atoms with Gasteiger partial charge < -0.3 is 0 Å². The Morgan fingerprint density at radius 3 is 2.15 bits per heavy atom. The predicted octanol–water partition coefficient (Wildman–Crippen LogP) is 2.17. The maximum atomic E-state index is 11.0. The number of ketones is 1. The Morgan fingerprint density at radius 1 is 1.38 bits per heavy atom. The van der Waals surface area contributed by atoms with E-state index < -0.39 is 19.3 Å². The second-order valence-corrected chi connectivity index (χ2v) is 7.32. The fourth-order valence-corrected chi connectivity index (χ4v) is 0.882. The van der Waals surface area contributed by atoms with Gasteiger partial charge in [-0.15, -0.1) is 0 Å². The Kier molecular flexibility index (Phi) is 4.72. The summed E-state index contributed by atoms with van der Waals surface area (Å²) < 4.78 is 12.6. The molecule has 0 aliphatic heterocycles. The van der Waals surface area contributed by atoms with Gasteiger partial charge in [-0.3, -0.25) is 4.79 Å². The second kappa shape index (κ2) is 4.64. The van der Waals surface area contributed by atoms with Crippen LogP contribution in [0, 0.1) is 0 Å². The van der Waals surface area contributed by atoms with Crippen molar-refractivity contribution in [3.63, 3.8) is 0 Å². The highest BCUT2D eigenvalue weighted by atomic mass is 35.6. The first kappa shape index (κ1) is 13.2. The molecule has 0 radical (unpaired) electrons. The van der Waals surface area contributed by atoms with Crippen molar-refractivity contribution in [3.05, 3.63) is 12.3 Å². The van der Waals surface area contributed by atoms with E-state index in [0.29, 0.717) is 0 Å². The fourth-order valence-electron chi connectivity index (χ4n) is 0.339. The molecule has 0 aromatic carbocycles. The van der Waals surface area contributed by atoms with Gasteiger partial charge in [0.2, 0.25) is 5.78 Å². The molecule has 0 unspecified atom stereocenters. The molecule has 13 heavy (non-hydrogen) atoms. The monoisotopic (exact) mass is 263 g/mol. The molecule has 0 saturated heterocycles. The predicted molar refractivity (Wildman–Crippen MR) is 56.9 cm³/mol. The highest BCUT2D eigenvalue weighted by molar-refractivity contribution is 7.92. The summed E-state index contributed by atoms with van der Waals surface area (Å²) >= 11 is 15.8. The SMILES string of the molecule is CS(C)(=O)=NC=CC(=O)C(Cl)(Cl)Cl. The van der Waals surface area contributed by atoms with Gasteiger partial charge in [-0.2, -0.15) is 0 Å². The Morgan fingerprint density at radius 2 is 1.85 bits per heavy atom. The smallest absolute Gasteiger partial charge is 0.252 e. The van der Waals surface area contributed by atoms with Crippen LogP contribution in [-0.4, -0.2) is 26.3 Å². The third-order valence-corrected chi connectivity index (χ3v) is 2.01. The molecule has 0 bridgehead atoms. The average molecular weight is 265 g/mol. The van der Waals surface area contributed by atoms with Crippen molar-refractivity contribution in [2.75, 3.05) is 12.5 Å². The lowest BCUT2D eigenvalue weighted by molar-refractivity contribution is -0.113. The molecule has 0 spiro atoms. The van der Waals surface area contributed by atoms with Crippen LogP contribution in [0.5, 0.6) is 0 Å². The summed E-state index contributed by atoms with van der Waals surface area (Å²) in [6, 6.07) is 0. The number of alkyl halides is 3. The van der Waals surface area contributed by atoms with Crippen LogP contribution in [0.3, 0.4) is 0 Å². The summed E-state index contributed by atoms with van der Waals surface area (Å²) in [6.07, 6.45) is 4.90. The van der Waals surface area contributed by atoms with Gasteiger partial charge >= 0.3 is 0 Å². The zero-order chi connectivity index (χ0) is 10.7. The third-order valence-electron chi connectivity index (χ3n) is 0.820. The summed E-state index contributed by atoms with van der Waals surface area (Å²) in [5, 5.41) is 0. The number of hydrogen-bond acceptors (Lipinski definition) is 3. The maximum Gasteiger partial charge on any atom is 0.252 e. The van der Waals surface area contributed by atoms with Crippen LogP contribution >= 0.6 is 34.8 Å². The molecule has 0 aliphatic rings. The quantitative estimate of drug-likeness (QED) is 0.567. The van der Waals surface area contributed by atoms with Crippen LogP contribution in [0.1, 0.15) is 0 Å². The average Bonchev–Trinajstić information content (AvgIpc) is 1.82. The van der Waals surface area contributed by atoms with Gasteiger partial charge in [0.1, 0.15) is 0 Å². The molecule has 0 heterocycles. The topological polar surface area (TPSA) is 46.5 Å². The lowest BCUT2D eigenvalue weighted by Gasteiger charge is -2.03. The first-order chi connectivity index (χ1) is 5.63. The van der Waals surface area contributed by atoms with Crippen molar-refractivity contribution in [1.82, 2.24) is 0 Å². The fraction of sp³-hybridized carbons (Fsp3) is 0.500. The van der Waals surface area contributed by atoms with Gasteiger partial charge in [0.25, 0.3) is 3.79 Å².